The molecule has 32 heavy (non-hydrogen) atoms. The minimum atomic E-state index is -0.147. The highest BCUT2D eigenvalue weighted by atomic mass is 35.5. The predicted octanol–water partition coefficient (Wildman–Crippen LogP) is 5.78. The molecule has 1 N–H and O–H groups in total. The Morgan fingerprint density at radius 2 is 1.78 bits per heavy atom. The Morgan fingerprint density at radius 3 is 2.41 bits per heavy atom. The van der Waals surface area contributed by atoms with Gasteiger partial charge in [-0.2, -0.15) is 4.98 Å². The van der Waals surface area contributed by atoms with Crippen LogP contribution in [0.3, 0.4) is 0 Å². The van der Waals surface area contributed by atoms with Gasteiger partial charge in [-0.1, -0.05) is 29.8 Å². The molecule has 4 aliphatic rings. The molecule has 0 spiro atoms. The molecule has 0 aliphatic heterocycles. The summed E-state index contributed by atoms with van der Waals surface area (Å²) in [5, 5.41) is 4.78. The van der Waals surface area contributed by atoms with Gasteiger partial charge in [-0.05, 0) is 81.8 Å². The fourth-order valence-electron chi connectivity index (χ4n) is 7.31. The number of anilines is 1. The lowest BCUT2D eigenvalue weighted by atomic mass is 9.53. The van der Waals surface area contributed by atoms with Gasteiger partial charge in [-0.25, -0.2) is 4.98 Å². The lowest BCUT2D eigenvalue weighted by Gasteiger charge is -2.57. The Morgan fingerprint density at radius 1 is 1.12 bits per heavy atom. The standard InChI is InChI=1S/C26H29ClN4O/c1-3-28-25-29-14-20-15(2)22(19-6-4-5-7-21(19)27)24(32)31(23(20)30-25)26-11-16-8-17(12-26)10-18(9-16)13-26/h4-7,14,16-18H,3,8-13H2,1-2H3,(H,28,29,30). The number of aryl methyl sites for hydroxylation is 1. The lowest BCUT2D eigenvalue weighted by molar-refractivity contribution is -0.0426. The normalized spacial score (nSPS) is 28.4. The van der Waals surface area contributed by atoms with Crippen LogP contribution in [0.5, 0.6) is 0 Å². The molecule has 2 heterocycles. The second-order valence-electron chi connectivity index (χ2n) is 10.2. The van der Waals surface area contributed by atoms with Gasteiger partial charge >= 0.3 is 0 Å². The largest absolute Gasteiger partial charge is 0.354 e. The zero-order valence-electron chi connectivity index (χ0n) is 18.7. The Balaban J connectivity index is 1.68. The molecule has 166 valence electrons. The molecule has 6 heteroatoms. The monoisotopic (exact) mass is 448 g/mol. The number of hydrogen-bond acceptors (Lipinski definition) is 4. The Hall–Kier alpha value is -2.40. The van der Waals surface area contributed by atoms with Crippen molar-refractivity contribution in [2.24, 2.45) is 17.8 Å². The molecule has 5 nitrogen and oxygen atoms in total. The second-order valence-corrected chi connectivity index (χ2v) is 10.6. The van der Waals surface area contributed by atoms with E-state index in [1.807, 2.05) is 44.3 Å². The summed E-state index contributed by atoms with van der Waals surface area (Å²) in [6.07, 6.45) is 9.11. The third kappa shape index (κ3) is 2.93. The van der Waals surface area contributed by atoms with E-state index in [0.717, 1.165) is 65.7 Å². The van der Waals surface area contributed by atoms with Crippen LogP contribution in [0.1, 0.15) is 51.0 Å². The molecule has 2 aromatic heterocycles. The Bertz CT molecular complexity index is 1250. The van der Waals surface area contributed by atoms with Crippen molar-refractivity contribution in [1.29, 1.82) is 0 Å². The summed E-state index contributed by atoms with van der Waals surface area (Å²) in [6, 6.07) is 7.67. The van der Waals surface area contributed by atoms with Gasteiger partial charge in [-0.15, -0.1) is 0 Å². The van der Waals surface area contributed by atoms with Crippen LogP contribution in [-0.2, 0) is 5.54 Å². The van der Waals surface area contributed by atoms with Crippen LogP contribution in [0.2, 0.25) is 5.02 Å². The molecule has 4 bridgehead atoms. The van der Waals surface area contributed by atoms with Gasteiger partial charge in [0.25, 0.3) is 5.56 Å². The van der Waals surface area contributed by atoms with Crippen LogP contribution in [0.4, 0.5) is 5.95 Å². The minimum Gasteiger partial charge on any atom is -0.354 e. The summed E-state index contributed by atoms with van der Waals surface area (Å²) in [5.41, 5.74) is 3.07. The molecule has 4 aliphatic carbocycles. The molecular formula is C26H29ClN4O. The molecule has 4 fully saturated rings. The Kier molecular flexibility index (Phi) is 4.62. The quantitative estimate of drug-likeness (QED) is 0.549. The third-order valence-corrected chi connectivity index (χ3v) is 8.46. The van der Waals surface area contributed by atoms with Crippen LogP contribution in [0, 0.1) is 24.7 Å². The van der Waals surface area contributed by atoms with E-state index in [1.54, 1.807) is 0 Å². The van der Waals surface area contributed by atoms with Gasteiger partial charge in [0, 0.05) is 28.7 Å². The van der Waals surface area contributed by atoms with Gasteiger partial charge in [0.1, 0.15) is 5.65 Å². The van der Waals surface area contributed by atoms with E-state index in [-0.39, 0.29) is 11.1 Å². The van der Waals surface area contributed by atoms with E-state index < -0.39 is 0 Å². The second kappa shape index (κ2) is 7.31. The van der Waals surface area contributed by atoms with Crippen LogP contribution >= 0.6 is 11.6 Å². The van der Waals surface area contributed by atoms with Gasteiger partial charge < -0.3 is 5.32 Å². The fourth-order valence-corrected chi connectivity index (χ4v) is 7.54. The van der Waals surface area contributed by atoms with Crippen molar-refractivity contribution in [2.75, 3.05) is 11.9 Å². The van der Waals surface area contributed by atoms with Gasteiger partial charge in [-0.3, -0.25) is 9.36 Å². The van der Waals surface area contributed by atoms with E-state index in [1.165, 1.54) is 19.3 Å². The fraction of sp³-hybridized carbons (Fsp3) is 0.500. The van der Waals surface area contributed by atoms with Gasteiger partial charge in [0.2, 0.25) is 5.95 Å². The number of halogens is 1. The number of benzene rings is 1. The first-order valence-corrected chi connectivity index (χ1v) is 12.3. The molecule has 0 radical (unpaired) electrons. The number of nitrogens with zero attached hydrogens (tertiary/aromatic N) is 3. The average Bonchev–Trinajstić information content (AvgIpc) is 2.74. The average molecular weight is 449 g/mol. The molecule has 1 aromatic carbocycles. The molecule has 0 unspecified atom stereocenters. The summed E-state index contributed by atoms with van der Waals surface area (Å²) in [5.74, 6) is 2.76. The van der Waals surface area contributed by atoms with Crippen LogP contribution in [-0.4, -0.2) is 21.1 Å². The first kappa shape index (κ1) is 20.2. The Labute approximate surface area is 193 Å². The van der Waals surface area contributed by atoms with Crippen molar-refractivity contribution in [3.63, 3.8) is 0 Å². The molecule has 3 aromatic rings. The number of nitrogens with one attached hydrogen (secondary N) is 1. The molecule has 4 saturated carbocycles. The molecule has 0 atom stereocenters. The molecule has 0 saturated heterocycles. The van der Waals surface area contributed by atoms with E-state index in [0.29, 0.717) is 16.5 Å². The van der Waals surface area contributed by atoms with Crippen molar-refractivity contribution >= 4 is 28.6 Å². The number of aromatic nitrogens is 3. The smallest absolute Gasteiger partial charge is 0.260 e. The number of pyridine rings is 1. The molecule has 0 amide bonds. The van der Waals surface area contributed by atoms with E-state index in [2.05, 4.69) is 14.9 Å². The highest BCUT2D eigenvalue weighted by Gasteiger charge is 2.53. The van der Waals surface area contributed by atoms with Crippen molar-refractivity contribution < 1.29 is 0 Å². The van der Waals surface area contributed by atoms with E-state index >= 15 is 0 Å². The van der Waals surface area contributed by atoms with Crippen molar-refractivity contribution in [2.45, 2.75) is 57.9 Å². The van der Waals surface area contributed by atoms with Gasteiger partial charge in [0.05, 0.1) is 11.1 Å². The number of hydrogen-bond donors (Lipinski definition) is 1. The summed E-state index contributed by atoms with van der Waals surface area (Å²) in [7, 11) is 0. The van der Waals surface area contributed by atoms with Crippen molar-refractivity contribution in [1.82, 2.24) is 14.5 Å². The van der Waals surface area contributed by atoms with Crippen molar-refractivity contribution in [3.05, 3.63) is 51.4 Å². The first-order valence-electron chi connectivity index (χ1n) is 11.9. The zero-order valence-corrected chi connectivity index (χ0v) is 19.5. The number of rotatable bonds is 4. The summed E-state index contributed by atoms with van der Waals surface area (Å²) < 4.78 is 2.08. The number of fused-ring (bicyclic) bond motifs is 1. The van der Waals surface area contributed by atoms with Crippen LogP contribution in [0.25, 0.3) is 22.2 Å². The molecular weight excluding hydrogens is 420 g/mol. The lowest BCUT2D eigenvalue weighted by Crippen LogP contribution is -2.55. The maximum absolute atomic E-state index is 14.4. The van der Waals surface area contributed by atoms with E-state index in [9.17, 15) is 4.79 Å². The highest BCUT2D eigenvalue weighted by Crippen LogP contribution is 2.59. The van der Waals surface area contributed by atoms with Crippen LogP contribution in [0.15, 0.2) is 35.3 Å². The summed E-state index contributed by atoms with van der Waals surface area (Å²) >= 11 is 6.60. The molecule has 7 rings (SSSR count). The van der Waals surface area contributed by atoms with Crippen molar-refractivity contribution in [3.8, 4) is 11.1 Å². The maximum atomic E-state index is 14.4. The first-order chi connectivity index (χ1) is 15.5. The van der Waals surface area contributed by atoms with Gasteiger partial charge in [0.15, 0.2) is 0 Å². The van der Waals surface area contributed by atoms with E-state index in [4.69, 9.17) is 16.6 Å². The topological polar surface area (TPSA) is 59.8 Å². The summed E-state index contributed by atoms with van der Waals surface area (Å²) in [4.78, 5) is 23.8. The summed E-state index contributed by atoms with van der Waals surface area (Å²) in [6.45, 7) is 4.78. The van der Waals surface area contributed by atoms with Crippen LogP contribution < -0.4 is 10.9 Å². The maximum Gasteiger partial charge on any atom is 0.260 e. The SMILES string of the molecule is CCNc1ncc2c(C)c(-c3ccccc3Cl)c(=O)n(C34CC5CC(CC(C5)C3)C4)c2n1. The third-order valence-electron chi connectivity index (χ3n) is 8.13. The predicted molar refractivity (Wildman–Crippen MR) is 129 cm³/mol. The highest BCUT2D eigenvalue weighted by molar-refractivity contribution is 6.33. The minimum absolute atomic E-state index is 0.0474. The zero-order chi connectivity index (χ0) is 22.0.